The van der Waals surface area contributed by atoms with Crippen molar-refractivity contribution in [3.05, 3.63) is 0 Å². The molecule has 1 atom stereocenters. The Labute approximate surface area is 93.7 Å². The summed E-state index contributed by atoms with van der Waals surface area (Å²) in [4.78, 5) is 33.1. The molecule has 0 aliphatic rings. The van der Waals surface area contributed by atoms with Gasteiger partial charge in [0.2, 0.25) is 11.8 Å². The van der Waals surface area contributed by atoms with E-state index in [1.54, 1.807) is 6.92 Å². The maximum Gasteiger partial charge on any atom is 0.332 e. The number of amides is 2. The van der Waals surface area contributed by atoms with Crippen molar-refractivity contribution in [1.82, 2.24) is 10.6 Å². The average Bonchev–Trinajstić information content (AvgIpc) is 2.27. The SMILES string of the molecule is CCOC(=O)C(N)C(=O)NCCC(=O)NC. The van der Waals surface area contributed by atoms with Gasteiger partial charge in [0.1, 0.15) is 0 Å². The van der Waals surface area contributed by atoms with Crippen LogP contribution in [0.5, 0.6) is 0 Å². The highest BCUT2D eigenvalue weighted by molar-refractivity contribution is 6.01. The molecular formula is C9H17N3O4. The number of rotatable bonds is 6. The molecule has 0 heterocycles. The molecule has 7 nitrogen and oxygen atoms in total. The number of hydrogen-bond acceptors (Lipinski definition) is 5. The normalized spacial score (nSPS) is 11.4. The molecule has 16 heavy (non-hydrogen) atoms. The van der Waals surface area contributed by atoms with Gasteiger partial charge < -0.3 is 21.1 Å². The Bertz CT molecular complexity index is 267. The smallest absolute Gasteiger partial charge is 0.332 e. The molecule has 92 valence electrons. The average molecular weight is 231 g/mol. The van der Waals surface area contributed by atoms with Crippen LogP contribution in [0.4, 0.5) is 0 Å². The van der Waals surface area contributed by atoms with E-state index >= 15 is 0 Å². The molecule has 0 aromatic carbocycles. The second-order valence-electron chi connectivity index (χ2n) is 2.94. The first-order chi connectivity index (χ1) is 7.52. The molecule has 0 fully saturated rings. The molecule has 0 bridgehead atoms. The summed E-state index contributed by atoms with van der Waals surface area (Å²) in [6.07, 6.45) is 0.137. The maximum atomic E-state index is 11.3. The number of carbonyl (C=O) groups excluding carboxylic acids is 3. The summed E-state index contributed by atoms with van der Waals surface area (Å²) in [5.41, 5.74) is 5.31. The highest BCUT2D eigenvalue weighted by Crippen LogP contribution is 1.86. The van der Waals surface area contributed by atoms with Gasteiger partial charge in [0.15, 0.2) is 6.04 Å². The molecule has 0 spiro atoms. The third kappa shape index (κ3) is 5.30. The second-order valence-corrected chi connectivity index (χ2v) is 2.94. The van der Waals surface area contributed by atoms with Gasteiger partial charge in [-0.3, -0.25) is 9.59 Å². The van der Waals surface area contributed by atoms with Crippen LogP contribution in [0.3, 0.4) is 0 Å². The third-order valence-electron chi connectivity index (χ3n) is 1.75. The lowest BCUT2D eigenvalue weighted by Gasteiger charge is -2.10. The van der Waals surface area contributed by atoms with E-state index in [-0.39, 0.29) is 25.5 Å². The lowest BCUT2D eigenvalue weighted by Crippen LogP contribution is -2.47. The molecule has 4 N–H and O–H groups in total. The Morgan fingerprint density at radius 1 is 1.38 bits per heavy atom. The summed E-state index contributed by atoms with van der Waals surface area (Å²) in [7, 11) is 1.49. The van der Waals surface area contributed by atoms with E-state index in [4.69, 9.17) is 5.73 Å². The molecule has 0 aromatic heterocycles. The van der Waals surface area contributed by atoms with Crippen molar-refractivity contribution < 1.29 is 19.1 Å². The fourth-order valence-electron chi connectivity index (χ4n) is 0.873. The van der Waals surface area contributed by atoms with Gasteiger partial charge in [0.25, 0.3) is 0 Å². The first-order valence-corrected chi connectivity index (χ1v) is 4.93. The first-order valence-electron chi connectivity index (χ1n) is 4.93. The van der Waals surface area contributed by atoms with Gasteiger partial charge in [-0.1, -0.05) is 0 Å². The summed E-state index contributed by atoms with van der Waals surface area (Å²) >= 11 is 0. The van der Waals surface area contributed by atoms with Crippen LogP contribution in [0.1, 0.15) is 13.3 Å². The van der Waals surface area contributed by atoms with Crippen molar-refractivity contribution in [3.63, 3.8) is 0 Å². The lowest BCUT2D eigenvalue weighted by molar-refractivity contribution is -0.147. The zero-order valence-electron chi connectivity index (χ0n) is 9.41. The molecule has 0 saturated carbocycles. The van der Waals surface area contributed by atoms with Crippen molar-refractivity contribution in [2.24, 2.45) is 5.73 Å². The van der Waals surface area contributed by atoms with Gasteiger partial charge in [-0.2, -0.15) is 0 Å². The van der Waals surface area contributed by atoms with Crippen LogP contribution in [0.15, 0.2) is 0 Å². The van der Waals surface area contributed by atoms with Gasteiger partial charge >= 0.3 is 5.97 Å². The Morgan fingerprint density at radius 3 is 2.50 bits per heavy atom. The number of nitrogens with one attached hydrogen (secondary N) is 2. The molecule has 7 heteroatoms. The van der Waals surface area contributed by atoms with Gasteiger partial charge in [-0.15, -0.1) is 0 Å². The van der Waals surface area contributed by atoms with Crippen LogP contribution >= 0.6 is 0 Å². The molecule has 0 rings (SSSR count). The molecular weight excluding hydrogens is 214 g/mol. The van der Waals surface area contributed by atoms with Crippen LogP contribution in [0.2, 0.25) is 0 Å². The molecule has 0 aliphatic carbocycles. The summed E-state index contributed by atoms with van der Waals surface area (Å²) in [6, 6.07) is -1.34. The Hall–Kier alpha value is -1.63. The van der Waals surface area contributed by atoms with E-state index in [1.807, 2.05) is 0 Å². The quantitative estimate of drug-likeness (QED) is 0.366. The topological polar surface area (TPSA) is 111 Å². The van der Waals surface area contributed by atoms with E-state index in [1.165, 1.54) is 7.05 Å². The second kappa shape index (κ2) is 7.63. The number of nitrogens with two attached hydrogens (primary N) is 1. The van der Waals surface area contributed by atoms with Gasteiger partial charge in [-0.05, 0) is 6.92 Å². The largest absolute Gasteiger partial charge is 0.464 e. The molecule has 0 aromatic rings. The van der Waals surface area contributed by atoms with E-state index < -0.39 is 17.9 Å². The summed E-state index contributed by atoms with van der Waals surface area (Å²) in [5.74, 6) is -1.63. The van der Waals surface area contributed by atoms with E-state index in [0.717, 1.165) is 0 Å². The van der Waals surface area contributed by atoms with Gasteiger partial charge in [-0.25, -0.2) is 4.79 Å². The van der Waals surface area contributed by atoms with Gasteiger partial charge in [0, 0.05) is 20.0 Å². The zero-order valence-corrected chi connectivity index (χ0v) is 9.41. The highest BCUT2D eigenvalue weighted by Gasteiger charge is 2.22. The molecule has 0 radical (unpaired) electrons. The van der Waals surface area contributed by atoms with Crippen LogP contribution < -0.4 is 16.4 Å². The highest BCUT2D eigenvalue weighted by atomic mass is 16.5. The number of carbonyl (C=O) groups is 3. The molecule has 1 unspecified atom stereocenters. The van der Waals surface area contributed by atoms with E-state index in [0.29, 0.717) is 0 Å². The van der Waals surface area contributed by atoms with E-state index in [2.05, 4.69) is 15.4 Å². The zero-order chi connectivity index (χ0) is 12.6. The van der Waals surface area contributed by atoms with Crippen LogP contribution in [0, 0.1) is 0 Å². The third-order valence-corrected chi connectivity index (χ3v) is 1.75. The van der Waals surface area contributed by atoms with Crippen molar-refractivity contribution in [3.8, 4) is 0 Å². The minimum atomic E-state index is -1.34. The van der Waals surface area contributed by atoms with Crippen LogP contribution in [0.25, 0.3) is 0 Å². The fourth-order valence-corrected chi connectivity index (χ4v) is 0.873. The van der Waals surface area contributed by atoms with Crippen molar-refractivity contribution in [1.29, 1.82) is 0 Å². The molecule has 0 saturated heterocycles. The molecule has 2 amide bonds. The predicted octanol–water partition coefficient (Wildman–Crippen LogP) is -1.87. The maximum absolute atomic E-state index is 11.3. The first kappa shape index (κ1) is 14.4. The molecule has 0 aliphatic heterocycles. The lowest BCUT2D eigenvalue weighted by atomic mass is 10.3. The number of ether oxygens (including phenoxy) is 1. The van der Waals surface area contributed by atoms with Gasteiger partial charge in [0.05, 0.1) is 6.61 Å². The standard InChI is InChI=1S/C9H17N3O4/c1-3-16-9(15)7(10)8(14)12-5-4-6(13)11-2/h7H,3-5,10H2,1-2H3,(H,11,13)(H,12,14). The van der Waals surface area contributed by atoms with E-state index in [9.17, 15) is 14.4 Å². The van der Waals surface area contributed by atoms with Crippen molar-refractivity contribution in [2.45, 2.75) is 19.4 Å². The minimum absolute atomic E-state index is 0.131. The van der Waals surface area contributed by atoms with Crippen LogP contribution in [-0.2, 0) is 19.1 Å². The summed E-state index contributed by atoms with van der Waals surface area (Å²) in [6.45, 7) is 1.91. The monoisotopic (exact) mass is 231 g/mol. The summed E-state index contributed by atoms with van der Waals surface area (Å²) in [5, 5.41) is 4.76. The fraction of sp³-hybridized carbons (Fsp3) is 0.667. The van der Waals surface area contributed by atoms with Crippen LogP contribution in [-0.4, -0.2) is 44.0 Å². The summed E-state index contributed by atoms with van der Waals surface area (Å²) < 4.78 is 4.57. The minimum Gasteiger partial charge on any atom is -0.464 e. The number of hydrogen-bond donors (Lipinski definition) is 3. The number of esters is 1. The Morgan fingerprint density at radius 2 is 2.00 bits per heavy atom. The predicted molar refractivity (Wildman–Crippen MR) is 56.3 cm³/mol. The Balaban J connectivity index is 3.88. The van der Waals surface area contributed by atoms with Crippen molar-refractivity contribution >= 4 is 17.8 Å². The Kier molecular flexibility index (Phi) is 6.86. The van der Waals surface area contributed by atoms with Crippen molar-refractivity contribution in [2.75, 3.05) is 20.2 Å².